The van der Waals surface area contributed by atoms with Crippen LogP contribution in [-0.2, 0) is 4.79 Å². The predicted molar refractivity (Wildman–Crippen MR) is 98.7 cm³/mol. The van der Waals surface area contributed by atoms with Gasteiger partial charge in [0.15, 0.2) is 0 Å². The van der Waals surface area contributed by atoms with Crippen LogP contribution in [0.3, 0.4) is 0 Å². The maximum atomic E-state index is 11.8. The van der Waals surface area contributed by atoms with Crippen molar-refractivity contribution in [2.45, 2.75) is 13.3 Å². The number of hydrogen-bond acceptors (Lipinski definition) is 5. The van der Waals surface area contributed by atoms with E-state index in [1.54, 1.807) is 31.4 Å². The van der Waals surface area contributed by atoms with Crippen molar-refractivity contribution < 1.29 is 9.21 Å². The van der Waals surface area contributed by atoms with Crippen molar-refractivity contribution in [3.63, 3.8) is 0 Å². The summed E-state index contributed by atoms with van der Waals surface area (Å²) in [4.78, 5) is 16.4. The summed E-state index contributed by atoms with van der Waals surface area (Å²) < 4.78 is 5.27. The summed E-state index contributed by atoms with van der Waals surface area (Å²) in [5.41, 5.74) is 1.92. The van der Waals surface area contributed by atoms with E-state index >= 15 is 0 Å². The number of nitrogens with one attached hydrogen (secondary N) is 1. The lowest BCUT2D eigenvalue weighted by Gasteiger charge is -2.03. The van der Waals surface area contributed by atoms with Gasteiger partial charge in [-0.05, 0) is 12.1 Å². The van der Waals surface area contributed by atoms with Gasteiger partial charge >= 0.3 is 0 Å². The van der Waals surface area contributed by atoms with E-state index in [1.165, 1.54) is 11.3 Å². The Labute approximate surface area is 149 Å². The molecule has 0 atom stereocenters. The van der Waals surface area contributed by atoms with Crippen molar-refractivity contribution in [2.24, 2.45) is 0 Å². The molecule has 0 aliphatic heterocycles. The van der Waals surface area contributed by atoms with E-state index in [0.717, 1.165) is 5.56 Å². The standard InChI is InChI=1S/C19H15N3O2S/c1-2-16(23)21-19-17(13-7-4-3-5-8-13)22-18(25-19)14(12-20)11-15-9-6-10-24-15/h3-11H,2H2,1H3,(H,21,23)/b14-11+. The van der Waals surface area contributed by atoms with Crippen LogP contribution in [0.25, 0.3) is 22.9 Å². The van der Waals surface area contributed by atoms with E-state index in [9.17, 15) is 10.1 Å². The maximum absolute atomic E-state index is 11.8. The number of hydrogen-bond donors (Lipinski definition) is 1. The topological polar surface area (TPSA) is 78.9 Å². The molecule has 0 unspecified atom stereocenters. The zero-order chi connectivity index (χ0) is 17.6. The lowest BCUT2D eigenvalue weighted by atomic mass is 10.1. The van der Waals surface area contributed by atoms with Gasteiger partial charge in [0.25, 0.3) is 0 Å². The lowest BCUT2D eigenvalue weighted by Crippen LogP contribution is -2.08. The van der Waals surface area contributed by atoms with Gasteiger partial charge in [-0.1, -0.05) is 48.6 Å². The van der Waals surface area contributed by atoms with Gasteiger partial charge in [0.05, 0.1) is 11.8 Å². The fraction of sp³-hybridized carbons (Fsp3) is 0.105. The second-order valence-electron chi connectivity index (χ2n) is 5.15. The molecular weight excluding hydrogens is 334 g/mol. The first-order valence-electron chi connectivity index (χ1n) is 7.73. The van der Waals surface area contributed by atoms with Crippen LogP contribution >= 0.6 is 11.3 Å². The van der Waals surface area contributed by atoms with Gasteiger partial charge in [-0.3, -0.25) is 4.79 Å². The van der Waals surface area contributed by atoms with Gasteiger partial charge in [-0.2, -0.15) is 5.26 Å². The number of nitriles is 1. The van der Waals surface area contributed by atoms with Crippen LogP contribution in [0.15, 0.2) is 53.1 Å². The third-order valence-electron chi connectivity index (χ3n) is 3.43. The van der Waals surface area contributed by atoms with Crippen LogP contribution in [0.4, 0.5) is 5.00 Å². The zero-order valence-corrected chi connectivity index (χ0v) is 14.3. The maximum Gasteiger partial charge on any atom is 0.224 e. The first kappa shape index (κ1) is 16.7. The Bertz CT molecular complexity index is 935. The van der Waals surface area contributed by atoms with Crippen molar-refractivity contribution >= 4 is 33.9 Å². The molecule has 1 aromatic carbocycles. The minimum absolute atomic E-state index is 0.0964. The Morgan fingerprint density at radius 3 is 2.76 bits per heavy atom. The molecule has 0 saturated heterocycles. The van der Waals surface area contributed by atoms with Gasteiger partial charge < -0.3 is 9.73 Å². The number of thiazole rings is 1. The summed E-state index contributed by atoms with van der Waals surface area (Å²) in [5, 5.41) is 13.5. The molecule has 3 aromatic rings. The van der Waals surface area contributed by atoms with Gasteiger partial charge in [0.1, 0.15) is 27.5 Å². The molecule has 0 radical (unpaired) electrons. The molecule has 124 valence electrons. The van der Waals surface area contributed by atoms with Gasteiger partial charge in [-0.15, -0.1) is 0 Å². The quantitative estimate of drug-likeness (QED) is 0.670. The number of amides is 1. The smallest absolute Gasteiger partial charge is 0.224 e. The summed E-state index contributed by atoms with van der Waals surface area (Å²) in [7, 11) is 0. The highest BCUT2D eigenvalue weighted by Crippen LogP contribution is 2.36. The molecule has 0 spiro atoms. The predicted octanol–water partition coefficient (Wildman–Crippen LogP) is 4.82. The molecule has 3 rings (SSSR count). The summed E-state index contributed by atoms with van der Waals surface area (Å²) in [6, 6.07) is 15.2. The molecule has 6 heteroatoms. The third-order valence-corrected chi connectivity index (χ3v) is 4.43. The molecule has 0 bridgehead atoms. The average molecular weight is 349 g/mol. The highest BCUT2D eigenvalue weighted by Gasteiger charge is 2.17. The minimum Gasteiger partial charge on any atom is -0.465 e. The van der Waals surface area contributed by atoms with E-state index in [0.29, 0.717) is 33.5 Å². The Morgan fingerprint density at radius 1 is 1.32 bits per heavy atom. The molecule has 0 aliphatic rings. The first-order chi connectivity index (χ1) is 12.2. The van der Waals surface area contributed by atoms with Gasteiger partial charge in [0, 0.05) is 18.1 Å². The molecule has 0 aliphatic carbocycles. The number of carbonyl (C=O) groups excluding carboxylic acids is 1. The largest absolute Gasteiger partial charge is 0.465 e. The van der Waals surface area contributed by atoms with E-state index < -0.39 is 0 Å². The fourth-order valence-electron chi connectivity index (χ4n) is 2.18. The summed E-state index contributed by atoms with van der Waals surface area (Å²) in [5.74, 6) is 0.480. The van der Waals surface area contributed by atoms with Gasteiger partial charge in [0.2, 0.25) is 5.91 Å². The van der Waals surface area contributed by atoms with E-state index in [2.05, 4.69) is 16.4 Å². The number of carbonyl (C=O) groups is 1. The summed E-state index contributed by atoms with van der Waals surface area (Å²) in [6.07, 6.45) is 3.55. The van der Waals surface area contributed by atoms with E-state index in [-0.39, 0.29) is 5.91 Å². The van der Waals surface area contributed by atoms with Crippen molar-refractivity contribution in [1.29, 1.82) is 5.26 Å². The van der Waals surface area contributed by atoms with Crippen LogP contribution in [0.5, 0.6) is 0 Å². The van der Waals surface area contributed by atoms with E-state index in [1.807, 2.05) is 30.3 Å². The average Bonchev–Trinajstić information content (AvgIpc) is 3.30. The molecule has 5 nitrogen and oxygen atoms in total. The summed E-state index contributed by atoms with van der Waals surface area (Å²) >= 11 is 1.28. The lowest BCUT2D eigenvalue weighted by molar-refractivity contribution is -0.115. The molecule has 1 N–H and O–H groups in total. The third kappa shape index (κ3) is 3.84. The number of rotatable bonds is 5. The number of furan rings is 1. The zero-order valence-electron chi connectivity index (χ0n) is 13.5. The van der Waals surface area contributed by atoms with Gasteiger partial charge in [-0.25, -0.2) is 4.98 Å². The molecule has 25 heavy (non-hydrogen) atoms. The Balaban J connectivity index is 2.06. The Kier molecular flexibility index (Phi) is 5.07. The summed E-state index contributed by atoms with van der Waals surface area (Å²) in [6.45, 7) is 1.79. The van der Waals surface area contributed by atoms with Crippen molar-refractivity contribution in [2.75, 3.05) is 5.32 Å². The SMILES string of the molecule is CCC(=O)Nc1sc(/C(C#N)=C/c2ccco2)nc1-c1ccccc1. The molecule has 2 heterocycles. The van der Waals surface area contributed by atoms with E-state index in [4.69, 9.17) is 4.42 Å². The highest BCUT2D eigenvalue weighted by molar-refractivity contribution is 7.17. The van der Waals surface area contributed by atoms with Crippen LogP contribution in [-0.4, -0.2) is 10.9 Å². The number of anilines is 1. The molecule has 0 fully saturated rings. The fourth-order valence-corrected chi connectivity index (χ4v) is 3.15. The number of benzene rings is 1. The minimum atomic E-state index is -0.0964. The number of nitrogens with zero attached hydrogens (tertiary/aromatic N) is 2. The van der Waals surface area contributed by atoms with Crippen LogP contribution in [0, 0.1) is 11.3 Å². The second kappa shape index (κ2) is 7.60. The monoisotopic (exact) mass is 349 g/mol. The molecule has 2 aromatic heterocycles. The number of allylic oxidation sites excluding steroid dienone is 1. The Hall–Kier alpha value is -3.17. The second-order valence-corrected chi connectivity index (χ2v) is 6.15. The van der Waals surface area contributed by atoms with Crippen LogP contribution in [0.2, 0.25) is 0 Å². The Morgan fingerprint density at radius 2 is 2.12 bits per heavy atom. The van der Waals surface area contributed by atoms with Crippen molar-refractivity contribution in [3.05, 3.63) is 59.5 Å². The normalized spacial score (nSPS) is 11.1. The molecule has 0 saturated carbocycles. The first-order valence-corrected chi connectivity index (χ1v) is 8.54. The van der Waals surface area contributed by atoms with Crippen molar-refractivity contribution in [3.8, 4) is 17.3 Å². The molecule has 1 amide bonds. The van der Waals surface area contributed by atoms with Crippen LogP contribution in [0.1, 0.15) is 24.1 Å². The molecular formula is C19H15N3O2S. The highest BCUT2D eigenvalue weighted by atomic mass is 32.1. The van der Waals surface area contributed by atoms with Crippen LogP contribution < -0.4 is 5.32 Å². The number of aromatic nitrogens is 1. The van der Waals surface area contributed by atoms with Crippen molar-refractivity contribution in [1.82, 2.24) is 4.98 Å².